The van der Waals surface area contributed by atoms with Crippen LogP contribution in [0.1, 0.15) is 31.2 Å². The lowest BCUT2D eigenvalue weighted by Crippen LogP contribution is -2.40. The van der Waals surface area contributed by atoms with Gasteiger partial charge in [0.15, 0.2) is 0 Å². The van der Waals surface area contributed by atoms with Gasteiger partial charge >= 0.3 is 6.03 Å². The Bertz CT molecular complexity index is 833. The number of nitrogens with two attached hydrogens (primary N) is 1. The van der Waals surface area contributed by atoms with Crippen LogP contribution >= 0.6 is 23.2 Å². The molecule has 1 aliphatic heterocycles. The van der Waals surface area contributed by atoms with Gasteiger partial charge in [-0.05, 0) is 48.6 Å². The van der Waals surface area contributed by atoms with Gasteiger partial charge in [-0.25, -0.2) is 4.79 Å². The third-order valence-electron chi connectivity index (χ3n) is 5.25. The highest BCUT2D eigenvalue weighted by Crippen LogP contribution is 2.32. The Labute approximate surface area is 194 Å². The SMILES string of the molecule is CC(C=O)CN.CNc1ccc(C2CCN(C(=O)Nc3c(Cl)cccc3Cl)CC2)cc1. The number of halogens is 2. The smallest absolute Gasteiger partial charge is 0.321 e. The van der Waals surface area contributed by atoms with Crippen molar-refractivity contribution in [1.82, 2.24) is 4.90 Å². The first-order chi connectivity index (χ1) is 14.9. The van der Waals surface area contributed by atoms with Crippen molar-refractivity contribution in [3.8, 4) is 0 Å². The van der Waals surface area contributed by atoms with Crippen molar-refractivity contribution in [1.29, 1.82) is 0 Å². The molecule has 2 aromatic carbocycles. The molecule has 3 rings (SSSR count). The van der Waals surface area contributed by atoms with E-state index in [-0.39, 0.29) is 11.9 Å². The zero-order valence-electron chi connectivity index (χ0n) is 17.9. The van der Waals surface area contributed by atoms with E-state index in [2.05, 4.69) is 34.9 Å². The van der Waals surface area contributed by atoms with Gasteiger partial charge in [0.1, 0.15) is 6.29 Å². The number of rotatable bonds is 5. The maximum absolute atomic E-state index is 12.5. The van der Waals surface area contributed by atoms with Gasteiger partial charge in [-0.2, -0.15) is 0 Å². The maximum Gasteiger partial charge on any atom is 0.321 e. The molecule has 0 aliphatic carbocycles. The van der Waals surface area contributed by atoms with E-state index in [1.54, 1.807) is 25.1 Å². The number of para-hydroxylation sites is 1. The molecule has 0 saturated carbocycles. The molecule has 4 N–H and O–H groups in total. The number of hydrogen-bond acceptors (Lipinski definition) is 4. The van der Waals surface area contributed by atoms with E-state index in [0.717, 1.165) is 24.8 Å². The predicted molar refractivity (Wildman–Crippen MR) is 129 cm³/mol. The van der Waals surface area contributed by atoms with Crippen LogP contribution in [0.5, 0.6) is 0 Å². The van der Waals surface area contributed by atoms with Gasteiger partial charge in [0.2, 0.25) is 0 Å². The van der Waals surface area contributed by atoms with Crippen molar-refractivity contribution in [2.24, 2.45) is 11.7 Å². The number of hydrogen-bond donors (Lipinski definition) is 3. The predicted octanol–water partition coefficient (Wildman–Crippen LogP) is 5.23. The summed E-state index contributed by atoms with van der Waals surface area (Å²) < 4.78 is 0. The fourth-order valence-electron chi connectivity index (χ4n) is 3.20. The van der Waals surface area contributed by atoms with Gasteiger partial charge in [-0.15, -0.1) is 0 Å². The molecular weight excluding hydrogens is 435 g/mol. The van der Waals surface area contributed by atoms with Crippen molar-refractivity contribution in [3.63, 3.8) is 0 Å². The van der Waals surface area contributed by atoms with Crippen LogP contribution in [0.25, 0.3) is 0 Å². The summed E-state index contributed by atoms with van der Waals surface area (Å²) in [6, 6.07) is 13.5. The average molecular weight is 465 g/mol. The molecule has 1 atom stereocenters. The minimum absolute atomic E-state index is 0.0324. The molecule has 1 fully saturated rings. The molecule has 1 aliphatic rings. The average Bonchev–Trinajstić information content (AvgIpc) is 2.81. The minimum Gasteiger partial charge on any atom is -0.388 e. The molecule has 6 nitrogen and oxygen atoms in total. The number of nitrogens with one attached hydrogen (secondary N) is 2. The summed E-state index contributed by atoms with van der Waals surface area (Å²) in [4.78, 5) is 24.0. The summed E-state index contributed by atoms with van der Waals surface area (Å²) in [5, 5.41) is 6.85. The van der Waals surface area contributed by atoms with Gasteiger partial charge in [0, 0.05) is 38.3 Å². The number of carbonyl (C=O) groups excluding carboxylic acids is 2. The summed E-state index contributed by atoms with van der Waals surface area (Å²) in [5.41, 5.74) is 7.96. The number of piperidine rings is 1. The number of amides is 2. The number of benzene rings is 2. The van der Waals surface area contributed by atoms with Crippen molar-refractivity contribution in [3.05, 3.63) is 58.1 Å². The number of nitrogens with zero attached hydrogens (tertiary/aromatic N) is 1. The zero-order valence-corrected chi connectivity index (χ0v) is 19.4. The molecule has 0 spiro atoms. The normalized spacial score (nSPS) is 14.8. The topological polar surface area (TPSA) is 87.5 Å². The minimum atomic E-state index is -0.154. The molecule has 8 heteroatoms. The fraction of sp³-hybridized carbons (Fsp3) is 0.391. The van der Waals surface area contributed by atoms with E-state index in [0.29, 0.717) is 41.3 Å². The van der Waals surface area contributed by atoms with Crippen LogP contribution in [0.4, 0.5) is 16.2 Å². The van der Waals surface area contributed by atoms with E-state index < -0.39 is 0 Å². The molecule has 0 aromatic heterocycles. The molecule has 31 heavy (non-hydrogen) atoms. The Morgan fingerprint density at radius 3 is 2.19 bits per heavy atom. The summed E-state index contributed by atoms with van der Waals surface area (Å²) in [6.45, 7) is 3.68. The summed E-state index contributed by atoms with van der Waals surface area (Å²) in [5.74, 6) is 0.517. The first-order valence-electron chi connectivity index (χ1n) is 10.3. The van der Waals surface area contributed by atoms with Gasteiger partial charge in [-0.1, -0.05) is 48.3 Å². The highest BCUT2D eigenvalue weighted by atomic mass is 35.5. The second-order valence-corrected chi connectivity index (χ2v) is 8.32. The van der Waals surface area contributed by atoms with Crippen LogP contribution in [-0.4, -0.2) is 43.9 Å². The Balaban J connectivity index is 0.000000501. The van der Waals surface area contributed by atoms with E-state index in [1.807, 2.05) is 11.9 Å². The first-order valence-corrected chi connectivity index (χ1v) is 11.1. The zero-order chi connectivity index (χ0) is 22.8. The molecule has 1 unspecified atom stereocenters. The van der Waals surface area contributed by atoms with Crippen LogP contribution in [0.15, 0.2) is 42.5 Å². The Morgan fingerprint density at radius 1 is 1.16 bits per heavy atom. The Morgan fingerprint density at radius 2 is 1.74 bits per heavy atom. The van der Waals surface area contributed by atoms with Crippen LogP contribution in [0.3, 0.4) is 0 Å². The Hall–Kier alpha value is -2.28. The van der Waals surface area contributed by atoms with E-state index >= 15 is 0 Å². The van der Waals surface area contributed by atoms with Crippen LogP contribution in [-0.2, 0) is 4.79 Å². The van der Waals surface area contributed by atoms with Crippen LogP contribution in [0, 0.1) is 5.92 Å². The fourth-order valence-corrected chi connectivity index (χ4v) is 3.69. The molecule has 0 bridgehead atoms. The molecule has 2 aromatic rings. The summed E-state index contributed by atoms with van der Waals surface area (Å²) in [6.07, 6.45) is 2.74. The molecule has 1 saturated heterocycles. The molecule has 1 heterocycles. The van der Waals surface area contributed by atoms with Crippen LogP contribution < -0.4 is 16.4 Å². The lowest BCUT2D eigenvalue weighted by atomic mass is 9.89. The van der Waals surface area contributed by atoms with E-state index in [1.165, 1.54) is 5.56 Å². The third-order valence-corrected chi connectivity index (χ3v) is 5.88. The largest absolute Gasteiger partial charge is 0.388 e. The van der Waals surface area contributed by atoms with Crippen LogP contribution in [0.2, 0.25) is 10.0 Å². The van der Waals surface area contributed by atoms with E-state index in [4.69, 9.17) is 28.9 Å². The summed E-state index contributed by atoms with van der Waals surface area (Å²) in [7, 11) is 1.91. The third kappa shape index (κ3) is 7.42. The Kier molecular flexibility index (Phi) is 10.1. The van der Waals surface area contributed by atoms with Crippen molar-refractivity contribution in [2.75, 3.05) is 37.3 Å². The first kappa shape index (κ1) is 25.0. The summed E-state index contributed by atoms with van der Waals surface area (Å²) >= 11 is 12.2. The monoisotopic (exact) mass is 464 g/mol. The van der Waals surface area contributed by atoms with Gasteiger partial charge in [0.25, 0.3) is 0 Å². The number of carbonyl (C=O) groups is 2. The number of anilines is 2. The van der Waals surface area contributed by atoms with Crippen molar-refractivity contribution < 1.29 is 9.59 Å². The molecule has 2 amide bonds. The van der Waals surface area contributed by atoms with Gasteiger partial charge in [-0.3, -0.25) is 0 Å². The standard InChI is InChI=1S/C19H21Cl2N3O.C4H9NO/c1-22-15-7-5-13(6-8-15)14-9-11-24(12-10-14)19(25)23-18-16(20)3-2-4-17(18)21;1-4(2-5)3-6/h2-8,14,22H,9-12H2,1H3,(H,23,25);3-4H,2,5H2,1H3. The maximum atomic E-state index is 12.5. The van der Waals surface area contributed by atoms with Crippen molar-refractivity contribution >= 4 is 46.9 Å². The van der Waals surface area contributed by atoms with Gasteiger partial charge in [0.05, 0.1) is 15.7 Å². The van der Waals surface area contributed by atoms with E-state index in [9.17, 15) is 9.59 Å². The second kappa shape index (κ2) is 12.5. The van der Waals surface area contributed by atoms with Gasteiger partial charge < -0.3 is 26.1 Å². The number of urea groups is 1. The number of likely N-dealkylation sites (tertiary alicyclic amines) is 1. The number of aldehydes is 1. The highest BCUT2D eigenvalue weighted by molar-refractivity contribution is 6.39. The lowest BCUT2D eigenvalue weighted by molar-refractivity contribution is -0.110. The lowest BCUT2D eigenvalue weighted by Gasteiger charge is -2.32. The second-order valence-electron chi connectivity index (χ2n) is 7.51. The molecule has 0 radical (unpaired) electrons. The molecule has 168 valence electrons. The quantitative estimate of drug-likeness (QED) is 0.528. The highest BCUT2D eigenvalue weighted by Gasteiger charge is 2.24. The van der Waals surface area contributed by atoms with Crippen molar-refractivity contribution in [2.45, 2.75) is 25.7 Å². The molecular formula is C23H30Cl2N4O2.